The molecule has 2 unspecified atom stereocenters. The third kappa shape index (κ3) is 7.54. The van der Waals surface area contributed by atoms with Crippen LogP contribution in [0.1, 0.15) is 71.2 Å². The topological polar surface area (TPSA) is 72.5 Å². The van der Waals surface area contributed by atoms with Gasteiger partial charge in [-0.1, -0.05) is 41.9 Å². The number of hydrogen-bond donors (Lipinski definition) is 0. The van der Waals surface area contributed by atoms with Crippen molar-refractivity contribution in [2.24, 2.45) is 0 Å². The molecular weight excluding hydrogens is 635 g/mol. The van der Waals surface area contributed by atoms with Gasteiger partial charge in [-0.15, -0.1) is 0 Å². The van der Waals surface area contributed by atoms with Crippen LogP contribution in [-0.4, -0.2) is 43.8 Å². The lowest BCUT2D eigenvalue weighted by atomic mass is 9.92. The van der Waals surface area contributed by atoms with Crippen LogP contribution in [0, 0.1) is 36.5 Å². The first kappa shape index (κ1) is 34.3. The van der Waals surface area contributed by atoms with E-state index in [9.17, 15) is 14.9 Å². The van der Waals surface area contributed by atoms with Crippen molar-refractivity contribution in [1.29, 1.82) is 10.5 Å². The third-order valence-electron chi connectivity index (χ3n) is 10.0. The minimum absolute atomic E-state index is 0.157. The number of likely N-dealkylation sites (N-methyl/N-ethyl adjacent to an activating group) is 1. The molecule has 4 aromatic rings. The summed E-state index contributed by atoms with van der Waals surface area (Å²) in [5.74, 6) is 1.18. The van der Waals surface area contributed by atoms with Crippen LogP contribution in [0.15, 0.2) is 66.7 Å². The van der Waals surface area contributed by atoms with Crippen molar-refractivity contribution in [3.8, 4) is 34.8 Å². The molecule has 1 saturated heterocycles. The second-order valence-corrected chi connectivity index (χ2v) is 13.8. The molecule has 2 aliphatic rings. The third-order valence-corrected chi connectivity index (χ3v) is 10.3. The van der Waals surface area contributed by atoms with Gasteiger partial charge >= 0.3 is 0 Å². The molecule has 0 saturated carbocycles. The highest BCUT2D eigenvalue weighted by molar-refractivity contribution is 6.32. The van der Waals surface area contributed by atoms with E-state index in [4.69, 9.17) is 21.1 Å². The van der Waals surface area contributed by atoms with Crippen LogP contribution in [0.3, 0.4) is 0 Å². The summed E-state index contributed by atoms with van der Waals surface area (Å²) in [6.45, 7) is 9.08. The van der Waals surface area contributed by atoms with E-state index in [0.29, 0.717) is 40.5 Å². The lowest BCUT2D eigenvalue weighted by Gasteiger charge is -2.36. The van der Waals surface area contributed by atoms with Gasteiger partial charge in [0.25, 0.3) is 0 Å². The van der Waals surface area contributed by atoms with Crippen LogP contribution in [0.4, 0.5) is 10.1 Å². The number of aryl methyl sites for hydroxylation is 1. The Labute approximate surface area is 294 Å². The Kier molecular flexibility index (Phi) is 10.4. The summed E-state index contributed by atoms with van der Waals surface area (Å²) in [7, 11) is 2.15. The summed E-state index contributed by atoms with van der Waals surface area (Å²) in [6, 6.07) is 26.2. The number of hydrogen-bond acceptors (Lipinski definition) is 6. The average molecular weight is 677 g/mol. The van der Waals surface area contributed by atoms with Gasteiger partial charge in [-0.3, -0.25) is 4.90 Å². The number of piperidine rings is 1. The van der Waals surface area contributed by atoms with E-state index in [1.807, 2.05) is 19.1 Å². The van der Waals surface area contributed by atoms with Crippen molar-refractivity contribution in [1.82, 2.24) is 4.90 Å². The van der Waals surface area contributed by atoms with Gasteiger partial charge in [-0.05, 0) is 116 Å². The van der Waals surface area contributed by atoms with E-state index in [-0.39, 0.29) is 18.8 Å². The largest absolute Gasteiger partial charge is 0.488 e. The minimum atomic E-state index is -0.674. The van der Waals surface area contributed by atoms with Crippen molar-refractivity contribution in [2.75, 3.05) is 31.6 Å². The number of benzene rings is 4. The number of alkyl halides is 1. The van der Waals surface area contributed by atoms with Gasteiger partial charge in [-0.25, -0.2) is 4.39 Å². The molecule has 1 aliphatic heterocycles. The van der Waals surface area contributed by atoms with Gasteiger partial charge in [-0.2, -0.15) is 10.5 Å². The number of anilines is 1. The Morgan fingerprint density at radius 3 is 2.43 bits per heavy atom. The molecular formula is C41H42ClFN4O2. The number of nitrogens with zero attached hydrogens (tertiary/aromatic N) is 4. The molecule has 6 nitrogen and oxygen atoms in total. The molecule has 6 rings (SSSR count). The van der Waals surface area contributed by atoms with Crippen LogP contribution in [0.25, 0.3) is 11.1 Å². The summed E-state index contributed by atoms with van der Waals surface area (Å²) < 4.78 is 26.6. The number of fused-ring (bicyclic) bond motifs is 1. The maximum absolute atomic E-state index is 13.9. The fraction of sp³-hybridized carbons (Fsp3) is 0.366. The van der Waals surface area contributed by atoms with Crippen LogP contribution in [0.2, 0.25) is 5.02 Å². The Morgan fingerprint density at radius 1 is 0.959 bits per heavy atom. The van der Waals surface area contributed by atoms with Crippen LogP contribution in [0.5, 0.6) is 11.5 Å². The molecule has 252 valence electrons. The first-order chi connectivity index (χ1) is 23.6. The fourth-order valence-electron chi connectivity index (χ4n) is 7.31. The van der Waals surface area contributed by atoms with Crippen LogP contribution in [-0.2, 0) is 13.0 Å². The quantitative estimate of drug-likeness (QED) is 0.167. The normalized spacial score (nSPS) is 18.7. The first-order valence-electron chi connectivity index (χ1n) is 17.0. The van der Waals surface area contributed by atoms with Crippen molar-refractivity contribution < 1.29 is 13.9 Å². The lowest BCUT2D eigenvalue weighted by molar-refractivity contribution is 0.103. The molecule has 0 radical (unpaired) electrons. The van der Waals surface area contributed by atoms with Crippen molar-refractivity contribution in [3.05, 3.63) is 111 Å². The Bertz CT molecular complexity index is 1900. The SMILES string of the molecule is Cc1cc(Cl)c(O[C@H]2CCc3c(-c4cccc(N(C)CCN5CCC(F)CC5C)c4C)cccc32)cc1OCc1cc(C#N)cc(C#N)c1. The number of ether oxygens (including phenoxy) is 2. The monoisotopic (exact) mass is 676 g/mol. The first-order valence-corrected chi connectivity index (χ1v) is 17.4. The smallest absolute Gasteiger partial charge is 0.142 e. The summed E-state index contributed by atoms with van der Waals surface area (Å²) in [5, 5.41) is 19.2. The Morgan fingerprint density at radius 2 is 1.69 bits per heavy atom. The molecule has 0 bridgehead atoms. The van der Waals surface area contributed by atoms with Gasteiger partial charge in [0.1, 0.15) is 30.4 Å². The molecule has 49 heavy (non-hydrogen) atoms. The van der Waals surface area contributed by atoms with E-state index in [1.54, 1.807) is 18.2 Å². The lowest BCUT2D eigenvalue weighted by Crippen LogP contribution is -2.44. The van der Waals surface area contributed by atoms with E-state index in [2.05, 4.69) is 79.2 Å². The number of likely N-dealkylation sites (tertiary alicyclic amines) is 1. The molecule has 0 amide bonds. The van der Waals surface area contributed by atoms with Gasteiger partial charge in [0.2, 0.25) is 0 Å². The Hall–Kier alpha value is -4.56. The standard InChI is InChI=1S/C41H42ClFN4O2/c1-26-17-37(42)41(22-40(26)48-25-31-20-29(23-44)19-30(21-31)24-45)49-39-12-11-35-34(8-5-9-36(35)39)33-7-6-10-38(28(33)3)46(4)15-16-47-14-13-32(43)18-27(47)2/h5-10,17,19-22,27,32,39H,11-16,18,25H2,1-4H3/t27?,32?,39-/m0/s1. The highest BCUT2D eigenvalue weighted by atomic mass is 35.5. The maximum Gasteiger partial charge on any atom is 0.142 e. The average Bonchev–Trinajstić information content (AvgIpc) is 3.51. The van der Waals surface area contributed by atoms with Crippen molar-refractivity contribution in [2.45, 2.75) is 71.4 Å². The van der Waals surface area contributed by atoms with E-state index >= 15 is 0 Å². The predicted molar refractivity (Wildman–Crippen MR) is 193 cm³/mol. The zero-order valence-corrected chi connectivity index (χ0v) is 29.4. The van der Waals surface area contributed by atoms with Gasteiger partial charge in [0.05, 0.1) is 28.3 Å². The highest BCUT2D eigenvalue weighted by Gasteiger charge is 2.29. The van der Waals surface area contributed by atoms with Gasteiger partial charge in [0, 0.05) is 44.5 Å². The van der Waals surface area contributed by atoms with Gasteiger partial charge in [0.15, 0.2) is 0 Å². The maximum atomic E-state index is 13.9. The molecule has 0 N–H and O–H groups in total. The molecule has 0 spiro atoms. The number of nitriles is 2. The van der Waals surface area contributed by atoms with E-state index in [0.717, 1.165) is 49.2 Å². The summed E-state index contributed by atoms with van der Waals surface area (Å²) in [4.78, 5) is 4.73. The van der Waals surface area contributed by atoms with E-state index in [1.165, 1.54) is 27.9 Å². The number of rotatable bonds is 10. The second kappa shape index (κ2) is 14.9. The summed E-state index contributed by atoms with van der Waals surface area (Å²) in [6.07, 6.45) is 2.14. The van der Waals surface area contributed by atoms with Crippen molar-refractivity contribution in [3.63, 3.8) is 0 Å². The summed E-state index contributed by atoms with van der Waals surface area (Å²) >= 11 is 6.71. The van der Waals surface area contributed by atoms with E-state index < -0.39 is 6.17 Å². The molecule has 1 fully saturated rings. The van der Waals surface area contributed by atoms with Crippen LogP contribution < -0.4 is 14.4 Å². The molecule has 0 aromatic heterocycles. The summed E-state index contributed by atoms with van der Waals surface area (Å²) in [5.41, 5.74) is 9.79. The fourth-order valence-corrected chi connectivity index (χ4v) is 7.58. The zero-order chi connectivity index (χ0) is 34.7. The number of halogens is 2. The highest BCUT2D eigenvalue weighted by Crippen LogP contribution is 2.44. The van der Waals surface area contributed by atoms with Crippen molar-refractivity contribution >= 4 is 17.3 Å². The predicted octanol–water partition coefficient (Wildman–Crippen LogP) is 9.27. The molecule has 3 atom stereocenters. The second-order valence-electron chi connectivity index (χ2n) is 13.4. The minimum Gasteiger partial charge on any atom is -0.488 e. The van der Waals surface area contributed by atoms with Crippen LogP contribution >= 0.6 is 11.6 Å². The zero-order valence-electron chi connectivity index (χ0n) is 28.6. The molecule has 1 heterocycles. The van der Waals surface area contributed by atoms with Gasteiger partial charge < -0.3 is 14.4 Å². The Balaban J connectivity index is 1.18. The molecule has 8 heteroatoms. The molecule has 4 aromatic carbocycles. The molecule has 1 aliphatic carbocycles.